The highest BCUT2D eigenvalue weighted by Crippen LogP contribution is 2.39. The second kappa shape index (κ2) is 4.59. The Bertz CT molecular complexity index is 436. The van der Waals surface area contributed by atoms with E-state index in [1.807, 2.05) is 0 Å². The van der Waals surface area contributed by atoms with Gasteiger partial charge in [0.1, 0.15) is 17.1 Å². The highest BCUT2D eigenvalue weighted by molar-refractivity contribution is 8.00. The molecule has 17 heavy (non-hydrogen) atoms. The normalized spacial score (nSPS) is 28.3. The van der Waals surface area contributed by atoms with Gasteiger partial charge in [0.05, 0.1) is 6.21 Å². The molecule has 1 fully saturated rings. The lowest BCUT2D eigenvalue weighted by molar-refractivity contribution is -0.148. The Hall–Kier alpha value is -1.19. The van der Waals surface area contributed by atoms with Gasteiger partial charge in [-0.1, -0.05) is 18.0 Å². The first kappa shape index (κ1) is 12.3. The van der Waals surface area contributed by atoms with E-state index in [0.717, 1.165) is 6.21 Å². The fourth-order valence-corrected chi connectivity index (χ4v) is 3.45. The number of carboxylic acid groups (broad SMARTS) is 1. The standard InChI is InChI=1S/C8H9N3O4S2/c12-6-4(10-16)7-11(6)5(8(13)14)3(1-9-15)2-17-7/h1,4,7,10,15-16H,2H2,(H,13,14)/t4?,7-/m0/s1. The monoisotopic (exact) mass is 275 g/mol. The predicted molar refractivity (Wildman–Crippen MR) is 63.9 cm³/mol. The molecule has 0 aromatic rings. The fraction of sp³-hybridized carbons (Fsp3) is 0.375. The Labute approximate surface area is 106 Å². The number of thiol groups is 1. The second-order valence-corrected chi connectivity index (χ2v) is 4.80. The molecule has 2 aliphatic heterocycles. The van der Waals surface area contributed by atoms with Crippen molar-refractivity contribution < 1.29 is 19.9 Å². The molecule has 0 bridgehead atoms. The first-order valence-electron chi connectivity index (χ1n) is 4.60. The quantitative estimate of drug-likeness (QED) is 0.182. The summed E-state index contributed by atoms with van der Waals surface area (Å²) in [6, 6.07) is -0.481. The molecule has 2 rings (SSSR count). The van der Waals surface area contributed by atoms with Gasteiger partial charge in [0, 0.05) is 11.3 Å². The van der Waals surface area contributed by atoms with Crippen molar-refractivity contribution in [3.63, 3.8) is 0 Å². The molecule has 2 atom stereocenters. The number of nitrogens with one attached hydrogen (secondary N) is 1. The molecule has 0 aromatic heterocycles. The van der Waals surface area contributed by atoms with E-state index in [1.165, 1.54) is 16.7 Å². The lowest BCUT2D eigenvalue weighted by Crippen LogP contribution is -2.68. The van der Waals surface area contributed by atoms with Crippen LogP contribution in [0.3, 0.4) is 0 Å². The number of rotatable bonds is 3. The number of amides is 1. The first-order valence-corrected chi connectivity index (χ1v) is 6.09. The summed E-state index contributed by atoms with van der Waals surface area (Å²) in [7, 11) is 0. The molecular weight excluding hydrogens is 266 g/mol. The molecule has 0 spiro atoms. The zero-order valence-electron chi connectivity index (χ0n) is 8.40. The van der Waals surface area contributed by atoms with Crippen LogP contribution in [0.25, 0.3) is 0 Å². The number of aliphatic carboxylic acids is 1. The second-order valence-electron chi connectivity index (χ2n) is 3.44. The van der Waals surface area contributed by atoms with E-state index in [2.05, 4.69) is 22.7 Å². The Balaban J connectivity index is 2.37. The van der Waals surface area contributed by atoms with E-state index in [1.54, 1.807) is 0 Å². The van der Waals surface area contributed by atoms with Crippen LogP contribution < -0.4 is 4.72 Å². The number of hydrogen-bond acceptors (Lipinski definition) is 7. The molecule has 0 aromatic carbocycles. The van der Waals surface area contributed by atoms with Crippen molar-refractivity contribution in [1.29, 1.82) is 0 Å². The molecule has 0 saturated carbocycles. The third-order valence-corrected chi connectivity index (χ3v) is 4.13. The van der Waals surface area contributed by atoms with Crippen LogP contribution in [-0.4, -0.2) is 50.5 Å². The van der Waals surface area contributed by atoms with Crippen LogP contribution in [0.4, 0.5) is 0 Å². The van der Waals surface area contributed by atoms with E-state index < -0.39 is 12.0 Å². The van der Waals surface area contributed by atoms with Crippen LogP contribution in [-0.2, 0) is 9.59 Å². The van der Waals surface area contributed by atoms with Crippen LogP contribution in [0, 0.1) is 0 Å². The maximum atomic E-state index is 11.7. The first-order chi connectivity index (χ1) is 8.11. The van der Waals surface area contributed by atoms with E-state index in [4.69, 9.17) is 10.3 Å². The van der Waals surface area contributed by atoms with Gasteiger partial charge in [-0.3, -0.25) is 14.4 Å². The minimum absolute atomic E-state index is 0.128. The van der Waals surface area contributed by atoms with Gasteiger partial charge in [0.25, 0.3) is 0 Å². The number of carbonyl (C=O) groups excluding carboxylic acids is 1. The Kier molecular flexibility index (Phi) is 3.31. The summed E-state index contributed by atoms with van der Waals surface area (Å²) in [6.45, 7) is 0. The number of nitrogens with zero attached hydrogens (tertiary/aromatic N) is 2. The summed E-state index contributed by atoms with van der Waals surface area (Å²) >= 11 is 5.22. The minimum Gasteiger partial charge on any atom is -0.477 e. The Morgan fingerprint density at radius 1 is 1.71 bits per heavy atom. The van der Waals surface area contributed by atoms with Gasteiger partial charge in [0.2, 0.25) is 5.91 Å². The third kappa shape index (κ3) is 1.79. The van der Waals surface area contributed by atoms with Crippen LogP contribution >= 0.6 is 24.6 Å². The van der Waals surface area contributed by atoms with Crippen LogP contribution in [0.1, 0.15) is 0 Å². The Morgan fingerprint density at radius 3 is 2.94 bits per heavy atom. The van der Waals surface area contributed by atoms with Crippen LogP contribution in [0.5, 0.6) is 0 Å². The van der Waals surface area contributed by atoms with E-state index >= 15 is 0 Å². The van der Waals surface area contributed by atoms with Crippen molar-refractivity contribution in [1.82, 2.24) is 9.62 Å². The van der Waals surface area contributed by atoms with Crippen molar-refractivity contribution >= 4 is 42.7 Å². The molecule has 92 valence electrons. The van der Waals surface area contributed by atoms with Gasteiger partial charge in [-0.15, -0.1) is 11.8 Å². The third-order valence-electron chi connectivity index (χ3n) is 2.55. The maximum Gasteiger partial charge on any atom is 0.353 e. The molecule has 0 aliphatic carbocycles. The molecule has 9 heteroatoms. The summed E-state index contributed by atoms with van der Waals surface area (Å²) in [6.07, 6.45) is 1.04. The molecule has 7 nitrogen and oxygen atoms in total. The van der Waals surface area contributed by atoms with Crippen molar-refractivity contribution in [3.8, 4) is 0 Å². The number of carboxylic acids is 1. The molecule has 2 heterocycles. The summed E-state index contributed by atoms with van der Waals surface area (Å²) in [4.78, 5) is 24.0. The van der Waals surface area contributed by atoms with Crippen molar-refractivity contribution in [2.24, 2.45) is 5.16 Å². The summed E-state index contributed by atoms with van der Waals surface area (Å²) in [5.74, 6) is -1.19. The average Bonchev–Trinajstić information content (AvgIpc) is 2.29. The number of hydrogen-bond donors (Lipinski definition) is 4. The summed E-state index contributed by atoms with van der Waals surface area (Å²) in [5.41, 5.74) is 0.184. The molecule has 2 aliphatic rings. The lowest BCUT2D eigenvalue weighted by atomic mass is 10.0. The number of thioether (sulfide) groups is 1. The van der Waals surface area contributed by atoms with E-state index in [0.29, 0.717) is 11.3 Å². The predicted octanol–water partition coefficient (Wildman–Crippen LogP) is -0.497. The van der Waals surface area contributed by atoms with Crippen molar-refractivity contribution in [3.05, 3.63) is 11.3 Å². The average molecular weight is 275 g/mol. The number of β-lactam (4-membered cyclic amide) rings is 1. The fourth-order valence-electron chi connectivity index (χ4n) is 1.80. The highest BCUT2D eigenvalue weighted by Gasteiger charge is 2.53. The van der Waals surface area contributed by atoms with Gasteiger partial charge in [0.15, 0.2) is 0 Å². The molecule has 1 amide bonds. The lowest BCUT2D eigenvalue weighted by Gasteiger charge is -2.48. The van der Waals surface area contributed by atoms with Gasteiger partial charge in [-0.25, -0.2) is 4.79 Å². The molecule has 1 unspecified atom stereocenters. The van der Waals surface area contributed by atoms with E-state index in [-0.39, 0.29) is 17.0 Å². The van der Waals surface area contributed by atoms with Gasteiger partial charge >= 0.3 is 5.97 Å². The maximum absolute atomic E-state index is 11.7. The van der Waals surface area contributed by atoms with Gasteiger partial charge in [-0.05, 0) is 0 Å². The zero-order chi connectivity index (χ0) is 12.6. The van der Waals surface area contributed by atoms with Crippen molar-refractivity contribution in [2.75, 3.05) is 5.75 Å². The number of fused-ring (bicyclic) bond motifs is 1. The zero-order valence-corrected chi connectivity index (χ0v) is 10.1. The molecule has 3 N–H and O–H groups in total. The molecular formula is C8H9N3O4S2. The summed E-state index contributed by atoms with van der Waals surface area (Å²) in [5, 5.41) is 20.1. The smallest absolute Gasteiger partial charge is 0.353 e. The molecule has 1 saturated heterocycles. The van der Waals surface area contributed by atoms with Crippen LogP contribution in [0.15, 0.2) is 16.4 Å². The highest BCUT2D eigenvalue weighted by atomic mass is 32.2. The van der Waals surface area contributed by atoms with Gasteiger partial charge in [-0.2, -0.15) is 0 Å². The minimum atomic E-state index is -1.21. The number of carbonyl (C=O) groups is 2. The molecule has 0 radical (unpaired) electrons. The summed E-state index contributed by atoms with van der Waals surface area (Å²) < 4.78 is 2.54. The van der Waals surface area contributed by atoms with Crippen molar-refractivity contribution in [2.45, 2.75) is 11.4 Å². The number of oxime groups is 1. The van der Waals surface area contributed by atoms with E-state index in [9.17, 15) is 9.59 Å². The van der Waals surface area contributed by atoms with Crippen LogP contribution in [0.2, 0.25) is 0 Å². The Morgan fingerprint density at radius 2 is 2.41 bits per heavy atom. The van der Waals surface area contributed by atoms with Gasteiger partial charge < -0.3 is 10.3 Å². The SMILES string of the molecule is O=C(O)C1=C(C=NO)CS[C@H]2C(NS)C(=O)N12. The topological polar surface area (TPSA) is 102 Å². The largest absolute Gasteiger partial charge is 0.477 e.